The van der Waals surface area contributed by atoms with Crippen LogP contribution in [0.4, 0.5) is 5.82 Å². The first-order chi connectivity index (χ1) is 15.7. The van der Waals surface area contributed by atoms with Gasteiger partial charge in [-0.3, -0.25) is 14.8 Å². The van der Waals surface area contributed by atoms with Crippen LogP contribution < -0.4 is 14.8 Å². The number of anilines is 1. The summed E-state index contributed by atoms with van der Waals surface area (Å²) in [5.74, 6) is 2.02. The number of H-pyrrole nitrogens is 1. The normalized spacial score (nSPS) is 13.4. The van der Waals surface area contributed by atoms with E-state index >= 15 is 0 Å². The molecule has 0 atom stereocenters. The van der Waals surface area contributed by atoms with Crippen LogP contribution in [0.5, 0.6) is 11.5 Å². The summed E-state index contributed by atoms with van der Waals surface area (Å²) in [6.45, 7) is 5.17. The molecule has 2 heterocycles. The molecule has 2 N–H and O–H groups in total. The molecule has 0 unspecified atom stereocenters. The Kier molecular flexibility index (Phi) is 7.07. The molecule has 0 bridgehead atoms. The van der Waals surface area contributed by atoms with E-state index in [0.717, 1.165) is 42.9 Å². The average molecular weight is 435 g/mol. The molecule has 7 heteroatoms. The van der Waals surface area contributed by atoms with Gasteiger partial charge in [0.1, 0.15) is 0 Å². The van der Waals surface area contributed by atoms with Gasteiger partial charge in [-0.15, -0.1) is 0 Å². The molecule has 0 spiro atoms. The molecule has 7 nitrogen and oxygen atoms in total. The summed E-state index contributed by atoms with van der Waals surface area (Å²) in [5, 5.41) is 10.5. The number of hydrogen-bond acceptors (Lipinski definition) is 5. The number of nitrogens with one attached hydrogen (secondary N) is 2. The fourth-order valence-corrected chi connectivity index (χ4v) is 4.05. The number of aromatic amines is 1. The third kappa shape index (κ3) is 5.29. The monoisotopic (exact) mass is 434 g/mol. The van der Waals surface area contributed by atoms with Crippen LogP contribution in [0.1, 0.15) is 35.7 Å². The van der Waals surface area contributed by atoms with Crippen molar-refractivity contribution >= 4 is 11.7 Å². The molecule has 0 saturated carbocycles. The van der Waals surface area contributed by atoms with Gasteiger partial charge in [-0.25, -0.2) is 0 Å². The van der Waals surface area contributed by atoms with E-state index in [1.165, 1.54) is 5.56 Å². The van der Waals surface area contributed by atoms with Crippen LogP contribution in [0.2, 0.25) is 0 Å². The largest absolute Gasteiger partial charge is 0.493 e. The van der Waals surface area contributed by atoms with Crippen molar-refractivity contribution in [3.8, 4) is 11.5 Å². The number of aromatic nitrogens is 2. The lowest BCUT2D eigenvalue weighted by atomic mass is 10.1. The summed E-state index contributed by atoms with van der Waals surface area (Å²) in [6, 6.07) is 16.3. The third-order valence-electron chi connectivity index (χ3n) is 5.69. The highest BCUT2D eigenvalue weighted by Gasteiger charge is 2.22. The van der Waals surface area contributed by atoms with Crippen molar-refractivity contribution in [2.24, 2.45) is 0 Å². The number of benzene rings is 2. The fraction of sp³-hybridized carbons (Fsp3) is 0.360. The van der Waals surface area contributed by atoms with Crippen molar-refractivity contribution in [3.63, 3.8) is 0 Å². The van der Waals surface area contributed by atoms with Crippen molar-refractivity contribution in [2.45, 2.75) is 39.3 Å². The molecule has 4 rings (SSSR count). The maximum atomic E-state index is 12.6. The van der Waals surface area contributed by atoms with Gasteiger partial charge >= 0.3 is 0 Å². The number of fused-ring (bicyclic) bond motifs is 1. The molecule has 2 aromatic carbocycles. The van der Waals surface area contributed by atoms with Crippen LogP contribution in [0.3, 0.4) is 0 Å². The summed E-state index contributed by atoms with van der Waals surface area (Å²) >= 11 is 0. The molecule has 0 saturated heterocycles. The Morgan fingerprint density at radius 1 is 1.16 bits per heavy atom. The Morgan fingerprint density at radius 2 is 2.00 bits per heavy atom. The van der Waals surface area contributed by atoms with Gasteiger partial charge in [0.2, 0.25) is 5.91 Å². The van der Waals surface area contributed by atoms with Gasteiger partial charge < -0.3 is 14.8 Å². The van der Waals surface area contributed by atoms with E-state index in [9.17, 15) is 4.79 Å². The zero-order chi connectivity index (χ0) is 22.3. The Bertz CT molecular complexity index is 1050. The van der Waals surface area contributed by atoms with Gasteiger partial charge in [-0.1, -0.05) is 36.4 Å². The van der Waals surface area contributed by atoms with Crippen molar-refractivity contribution in [3.05, 3.63) is 70.9 Å². The SMILES string of the molecule is CCOc1ccc(CCC(=O)Nc2n[nH]c3c2CCN(Cc2ccccc2)C3)cc1OC. The second-order valence-corrected chi connectivity index (χ2v) is 7.94. The van der Waals surface area contributed by atoms with Gasteiger partial charge in [0.25, 0.3) is 0 Å². The van der Waals surface area contributed by atoms with Crippen molar-refractivity contribution in [1.29, 1.82) is 0 Å². The molecule has 1 amide bonds. The zero-order valence-corrected chi connectivity index (χ0v) is 18.7. The maximum Gasteiger partial charge on any atom is 0.225 e. The van der Waals surface area contributed by atoms with E-state index in [0.29, 0.717) is 36.8 Å². The number of rotatable bonds is 9. The number of carbonyl (C=O) groups is 1. The minimum Gasteiger partial charge on any atom is -0.493 e. The summed E-state index contributed by atoms with van der Waals surface area (Å²) in [5.41, 5.74) is 4.53. The molecule has 1 aliphatic rings. The van der Waals surface area contributed by atoms with Gasteiger partial charge in [-0.2, -0.15) is 5.10 Å². The number of carbonyl (C=O) groups excluding carboxylic acids is 1. The molecular formula is C25H30N4O3. The minimum atomic E-state index is -0.0427. The molecule has 1 aliphatic heterocycles. The quantitative estimate of drug-likeness (QED) is 0.533. The van der Waals surface area contributed by atoms with E-state index in [2.05, 4.69) is 44.7 Å². The first kappa shape index (κ1) is 21.9. The van der Waals surface area contributed by atoms with Crippen LogP contribution >= 0.6 is 0 Å². The van der Waals surface area contributed by atoms with E-state index in [1.54, 1.807) is 7.11 Å². The minimum absolute atomic E-state index is 0.0427. The number of amides is 1. The van der Waals surface area contributed by atoms with Crippen LogP contribution in [-0.4, -0.2) is 41.3 Å². The highest BCUT2D eigenvalue weighted by Crippen LogP contribution is 2.29. The van der Waals surface area contributed by atoms with Crippen LogP contribution in [0, 0.1) is 0 Å². The number of methoxy groups -OCH3 is 1. The second kappa shape index (κ2) is 10.3. The number of ether oxygens (including phenoxy) is 2. The van der Waals surface area contributed by atoms with Crippen LogP contribution in [0.15, 0.2) is 48.5 Å². The number of aryl methyl sites for hydroxylation is 1. The van der Waals surface area contributed by atoms with Crippen LogP contribution in [0.25, 0.3) is 0 Å². The van der Waals surface area contributed by atoms with Gasteiger partial charge in [0, 0.05) is 31.6 Å². The molecule has 0 aliphatic carbocycles. The first-order valence-corrected chi connectivity index (χ1v) is 11.1. The summed E-state index contributed by atoms with van der Waals surface area (Å²) in [4.78, 5) is 15.0. The topological polar surface area (TPSA) is 79.5 Å². The van der Waals surface area contributed by atoms with Gasteiger partial charge in [0.15, 0.2) is 17.3 Å². The number of nitrogens with zero attached hydrogens (tertiary/aromatic N) is 2. The summed E-state index contributed by atoms with van der Waals surface area (Å²) in [6.07, 6.45) is 1.86. The molecule has 0 fully saturated rings. The lowest BCUT2D eigenvalue weighted by Gasteiger charge is -2.26. The summed E-state index contributed by atoms with van der Waals surface area (Å²) in [7, 11) is 1.62. The maximum absolute atomic E-state index is 12.6. The fourth-order valence-electron chi connectivity index (χ4n) is 4.05. The van der Waals surface area contributed by atoms with Gasteiger partial charge in [-0.05, 0) is 43.0 Å². The molecule has 1 aromatic heterocycles. The standard InChI is InChI=1S/C25H30N4O3/c1-3-32-22-11-9-18(15-23(22)31-2)10-12-24(30)26-25-20-13-14-29(17-21(20)27-28-25)16-19-7-5-4-6-8-19/h4-9,11,15H,3,10,12-14,16-17H2,1-2H3,(H2,26,27,28,30). The molecule has 168 valence electrons. The first-order valence-electron chi connectivity index (χ1n) is 11.1. The molecule has 32 heavy (non-hydrogen) atoms. The summed E-state index contributed by atoms with van der Waals surface area (Å²) < 4.78 is 10.9. The predicted molar refractivity (Wildman–Crippen MR) is 124 cm³/mol. The Morgan fingerprint density at radius 3 is 2.78 bits per heavy atom. The van der Waals surface area contributed by atoms with Gasteiger partial charge in [0.05, 0.1) is 19.4 Å². The highest BCUT2D eigenvalue weighted by atomic mass is 16.5. The van der Waals surface area contributed by atoms with E-state index in [4.69, 9.17) is 9.47 Å². The third-order valence-corrected chi connectivity index (χ3v) is 5.69. The average Bonchev–Trinajstić information content (AvgIpc) is 3.21. The predicted octanol–water partition coefficient (Wildman–Crippen LogP) is 3.95. The van der Waals surface area contributed by atoms with Crippen molar-refractivity contribution in [2.75, 3.05) is 25.6 Å². The lowest BCUT2D eigenvalue weighted by molar-refractivity contribution is -0.116. The van der Waals surface area contributed by atoms with Crippen molar-refractivity contribution < 1.29 is 14.3 Å². The highest BCUT2D eigenvalue weighted by molar-refractivity contribution is 5.90. The smallest absolute Gasteiger partial charge is 0.225 e. The molecule has 0 radical (unpaired) electrons. The van der Waals surface area contributed by atoms with E-state index < -0.39 is 0 Å². The Labute approximate surface area is 188 Å². The second-order valence-electron chi connectivity index (χ2n) is 7.94. The lowest BCUT2D eigenvalue weighted by Crippen LogP contribution is -2.30. The van der Waals surface area contributed by atoms with E-state index in [-0.39, 0.29) is 5.91 Å². The number of hydrogen-bond donors (Lipinski definition) is 2. The molecular weight excluding hydrogens is 404 g/mol. The zero-order valence-electron chi connectivity index (χ0n) is 18.7. The van der Waals surface area contributed by atoms with Crippen LogP contribution in [-0.2, 0) is 30.7 Å². The Balaban J connectivity index is 1.31. The van der Waals surface area contributed by atoms with Crippen molar-refractivity contribution in [1.82, 2.24) is 15.1 Å². The van der Waals surface area contributed by atoms with E-state index in [1.807, 2.05) is 31.2 Å². The molecule has 3 aromatic rings. The Hall–Kier alpha value is -3.32.